The van der Waals surface area contributed by atoms with E-state index in [0.717, 1.165) is 21.6 Å². The first kappa shape index (κ1) is 26.9. The lowest BCUT2D eigenvalue weighted by Gasteiger charge is -2.21. The van der Waals surface area contributed by atoms with Gasteiger partial charge in [0, 0.05) is 37.4 Å². The highest BCUT2D eigenvalue weighted by Gasteiger charge is 2.41. The van der Waals surface area contributed by atoms with Gasteiger partial charge in [0.1, 0.15) is 22.4 Å². The number of aromatic nitrogens is 4. The summed E-state index contributed by atoms with van der Waals surface area (Å²) in [5.41, 5.74) is 3.67. The standard InChI is InChI=1S/C27H31N7O4S/c1-14-21(26-33-22-15(2)28-10-8-19(22)39-26)25(32-18-12-16(13-35)23(37)24(18)38)34-27(30-14)29-11-9-20(36)31-17-6-4-3-5-7-17/h3-8,10,16,18,23-24,35,37-38H,9,11-13H2,1-2H3,(H,31,36)(H2,29,30,32,34). The van der Waals surface area contributed by atoms with Gasteiger partial charge in [-0.2, -0.15) is 4.98 Å². The Morgan fingerprint density at radius 3 is 2.56 bits per heavy atom. The first-order valence-electron chi connectivity index (χ1n) is 12.8. The van der Waals surface area contributed by atoms with Crippen LogP contribution in [0.25, 0.3) is 20.8 Å². The number of para-hydroxylation sites is 1. The van der Waals surface area contributed by atoms with Crippen LogP contribution in [0.15, 0.2) is 42.6 Å². The molecule has 1 aliphatic rings. The summed E-state index contributed by atoms with van der Waals surface area (Å²) >= 11 is 1.49. The SMILES string of the molecule is Cc1nc(NCCC(=O)Nc2ccccc2)nc(NC2CC(CO)C(O)C2O)c1-c1nc2c(C)nccc2s1. The van der Waals surface area contributed by atoms with Crippen LogP contribution in [0.2, 0.25) is 0 Å². The molecule has 39 heavy (non-hydrogen) atoms. The number of nitrogens with zero attached hydrogens (tertiary/aromatic N) is 4. The van der Waals surface area contributed by atoms with Crippen molar-refractivity contribution in [1.82, 2.24) is 19.9 Å². The van der Waals surface area contributed by atoms with Gasteiger partial charge in [-0.15, -0.1) is 11.3 Å². The zero-order chi connectivity index (χ0) is 27.5. The molecule has 0 bridgehead atoms. The van der Waals surface area contributed by atoms with E-state index in [1.807, 2.05) is 50.2 Å². The topological polar surface area (TPSA) is 165 Å². The highest BCUT2D eigenvalue weighted by molar-refractivity contribution is 7.21. The van der Waals surface area contributed by atoms with Crippen LogP contribution in [-0.4, -0.2) is 72.6 Å². The maximum absolute atomic E-state index is 12.4. The van der Waals surface area contributed by atoms with Crippen LogP contribution in [0.1, 0.15) is 24.2 Å². The maximum atomic E-state index is 12.4. The molecule has 1 amide bonds. The molecule has 0 saturated heterocycles. The van der Waals surface area contributed by atoms with E-state index >= 15 is 0 Å². The summed E-state index contributed by atoms with van der Waals surface area (Å²) < 4.78 is 0.978. The van der Waals surface area contributed by atoms with Gasteiger partial charge in [-0.05, 0) is 38.5 Å². The molecule has 4 aromatic rings. The number of rotatable bonds is 9. The van der Waals surface area contributed by atoms with Crippen LogP contribution < -0.4 is 16.0 Å². The van der Waals surface area contributed by atoms with Crippen molar-refractivity contribution in [2.45, 2.75) is 44.9 Å². The van der Waals surface area contributed by atoms with Gasteiger partial charge >= 0.3 is 0 Å². The lowest BCUT2D eigenvalue weighted by Crippen LogP contribution is -2.35. The largest absolute Gasteiger partial charge is 0.396 e. The highest BCUT2D eigenvalue weighted by Crippen LogP contribution is 2.38. The number of hydrogen-bond donors (Lipinski definition) is 6. The van der Waals surface area contributed by atoms with Crippen molar-refractivity contribution in [2.24, 2.45) is 5.92 Å². The number of fused-ring (bicyclic) bond motifs is 1. The lowest BCUT2D eigenvalue weighted by atomic mass is 10.1. The molecule has 12 heteroatoms. The van der Waals surface area contributed by atoms with Crippen molar-refractivity contribution in [3.8, 4) is 10.6 Å². The van der Waals surface area contributed by atoms with E-state index in [4.69, 9.17) is 4.98 Å². The summed E-state index contributed by atoms with van der Waals surface area (Å²) in [7, 11) is 0. The van der Waals surface area contributed by atoms with E-state index in [9.17, 15) is 20.1 Å². The molecule has 0 radical (unpaired) electrons. The summed E-state index contributed by atoms with van der Waals surface area (Å²) in [4.78, 5) is 30.8. The third-order valence-corrected chi connectivity index (χ3v) is 7.88. The molecule has 1 fully saturated rings. The van der Waals surface area contributed by atoms with Gasteiger partial charge < -0.3 is 31.3 Å². The molecule has 0 spiro atoms. The molecule has 0 aliphatic heterocycles. The zero-order valence-electron chi connectivity index (χ0n) is 21.6. The Labute approximate surface area is 229 Å². The summed E-state index contributed by atoms with van der Waals surface area (Å²) in [5.74, 6) is 0.174. The number of amides is 1. The Hall–Kier alpha value is -3.71. The second-order valence-electron chi connectivity index (χ2n) is 9.62. The Balaban J connectivity index is 1.40. The number of carbonyl (C=O) groups excluding carboxylic acids is 1. The fraction of sp³-hybridized carbons (Fsp3) is 0.370. The van der Waals surface area contributed by atoms with Crippen LogP contribution in [-0.2, 0) is 4.79 Å². The van der Waals surface area contributed by atoms with Crippen LogP contribution in [0.3, 0.4) is 0 Å². The number of thiazole rings is 1. The molecule has 1 aliphatic carbocycles. The molecule has 3 aromatic heterocycles. The molecule has 11 nitrogen and oxygen atoms in total. The average molecular weight is 550 g/mol. The van der Waals surface area contributed by atoms with Crippen LogP contribution in [0.4, 0.5) is 17.5 Å². The molecule has 6 N–H and O–H groups in total. The van der Waals surface area contributed by atoms with E-state index in [1.54, 1.807) is 6.20 Å². The second kappa shape index (κ2) is 11.6. The van der Waals surface area contributed by atoms with Crippen molar-refractivity contribution in [3.05, 3.63) is 54.0 Å². The highest BCUT2D eigenvalue weighted by atomic mass is 32.1. The molecule has 4 unspecified atom stereocenters. The van der Waals surface area contributed by atoms with Crippen LogP contribution in [0, 0.1) is 19.8 Å². The monoisotopic (exact) mass is 549 g/mol. The number of nitrogens with one attached hydrogen (secondary N) is 3. The number of pyridine rings is 1. The van der Waals surface area contributed by atoms with Crippen molar-refractivity contribution < 1.29 is 20.1 Å². The number of anilines is 3. The van der Waals surface area contributed by atoms with E-state index in [0.29, 0.717) is 41.0 Å². The van der Waals surface area contributed by atoms with Gasteiger partial charge in [0.05, 0.1) is 33.8 Å². The second-order valence-corrected chi connectivity index (χ2v) is 10.7. The van der Waals surface area contributed by atoms with Gasteiger partial charge in [-0.25, -0.2) is 9.97 Å². The van der Waals surface area contributed by atoms with Gasteiger partial charge in [-0.3, -0.25) is 9.78 Å². The predicted octanol–water partition coefficient (Wildman–Crippen LogP) is 2.72. The fourth-order valence-electron chi connectivity index (χ4n) is 4.76. The van der Waals surface area contributed by atoms with E-state index in [-0.39, 0.29) is 18.9 Å². The molecule has 1 aromatic carbocycles. The summed E-state index contributed by atoms with van der Waals surface area (Å²) in [6.45, 7) is 3.83. The minimum atomic E-state index is -1.08. The lowest BCUT2D eigenvalue weighted by molar-refractivity contribution is -0.115. The third-order valence-electron chi connectivity index (χ3n) is 6.85. The third kappa shape index (κ3) is 5.83. The predicted molar refractivity (Wildman–Crippen MR) is 151 cm³/mol. The average Bonchev–Trinajstić information content (AvgIpc) is 3.46. The maximum Gasteiger partial charge on any atom is 0.226 e. The smallest absolute Gasteiger partial charge is 0.226 e. The summed E-state index contributed by atoms with van der Waals surface area (Å²) in [5, 5.41) is 40.6. The normalized spacial score (nSPS) is 20.7. The van der Waals surface area contributed by atoms with Crippen molar-refractivity contribution in [3.63, 3.8) is 0 Å². The van der Waals surface area contributed by atoms with E-state index in [1.165, 1.54) is 11.3 Å². The molecular weight excluding hydrogens is 518 g/mol. The Kier molecular flexibility index (Phi) is 7.98. The zero-order valence-corrected chi connectivity index (χ0v) is 22.4. The van der Waals surface area contributed by atoms with E-state index < -0.39 is 24.2 Å². The van der Waals surface area contributed by atoms with Crippen LogP contribution >= 0.6 is 11.3 Å². The number of aliphatic hydroxyl groups is 3. The summed E-state index contributed by atoms with van der Waals surface area (Å²) in [6.07, 6.45) is 0.194. The first-order valence-corrected chi connectivity index (χ1v) is 13.6. The van der Waals surface area contributed by atoms with Gasteiger partial charge in [0.2, 0.25) is 11.9 Å². The molecule has 204 valence electrons. The van der Waals surface area contributed by atoms with Gasteiger partial charge in [0.25, 0.3) is 0 Å². The van der Waals surface area contributed by atoms with Crippen molar-refractivity contribution >= 4 is 44.9 Å². The number of benzene rings is 1. The number of aliphatic hydroxyl groups excluding tert-OH is 3. The molecular formula is C27H31N7O4S. The fourth-order valence-corrected chi connectivity index (χ4v) is 5.87. The Morgan fingerprint density at radius 1 is 1.05 bits per heavy atom. The molecule has 5 rings (SSSR count). The Bertz CT molecular complexity index is 1470. The number of hydrogen-bond acceptors (Lipinski definition) is 11. The number of aryl methyl sites for hydroxylation is 2. The van der Waals surface area contributed by atoms with Gasteiger partial charge in [0.15, 0.2) is 0 Å². The van der Waals surface area contributed by atoms with Crippen LogP contribution in [0.5, 0.6) is 0 Å². The Morgan fingerprint density at radius 2 is 1.85 bits per heavy atom. The number of carbonyl (C=O) groups is 1. The first-order chi connectivity index (χ1) is 18.8. The van der Waals surface area contributed by atoms with Crippen molar-refractivity contribution in [2.75, 3.05) is 29.1 Å². The van der Waals surface area contributed by atoms with Gasteiger partial charge in [-0.1, -0.05) is 18.2 Å². The molecule has 4 atom stereocenters. The molecule has 1 saturated carbocycles. The quantitative estimate of drug-likeness (QED) is 0.183. The molecule has 3 heterocycles. The van der Waals surface area contributed by atoms with E-state index in [2.05, 4.69) is 30.9 Å². The summed E-state index contributed by atoms with van der Waals surface area (Å²) in [6, 6.07) is 10.6. The minimum Gasteiger partial charge on any atom is -0.396 e. The minimum absolute atomic E-state index is 0.142. The van der Waals surface area contributed by atoms with Crippen molar-refractivity contribution in [1.29, 1.82) is 0 Å².